The maximum atomic E-state index is 13.0. The predicted octanol–water partition coefficient (Wildman–Crippen LogP) is 4.70. The zero-order valence-electron chi connectivity index (χ0n) is 16.3. The van der Waals surface area contributed by atoms with Crippen molar-refractivity contribution in [3.05, 3.63) is 46.8 Å². The zero-order valence-corrected chi connectivity index (χ0v) is 16.3. The van der Waals surface area contributed by atoms with Crippen molar-refractivity contribution in [3.63, 3.8) is 0 Å². The summed E-state index contributed by atoms with van der Waals surface area (Å²) in [5, 5.41) is 0. The smallest absolute Gasteiger partial charge is 0.224 e. The molecule has 0 unspecified atom stereocenters. The molecule has 0 amide bonds. The Labute approximate surface area is 155 Å². The van der Waals surface area contributed by atoms with Gasteiger partial charge in [0.05, 0.1) is 6.61 Å². The maximum Gasteiger partial charge on any atom is 0.224 e. The van der Waals surface area contributed by atoms with Crippen LogP contribution in [0.5, 0.6) is 0 Å². The SMILES string of the molecule is C=C1[C@H]2C[C@]3(C)C(C)=CCC[C@H]3[C@]1(C)CC1=C2C(=O)C=C(OCC)C1=O. The number of Topliss-reactive ketones (excluding diaryl/α,β-unsaturated/α-hetero) is 1. The Morgan fingerprint density at radius 1 is 1.27 bits per heavy atom. The number of ether oxygens (including phenoxy) is 1. The van der Waals surface area contributed by atoms with Crippen molar-refractivity contribution < 1.29 is 14.3 Å². The van der Waals surface area contributed by atoms with E-state index in [4.69, 9.17) is 4.74 Å². The molecule has 0 aromatic carbocycles. The Kier molecular flexibility index (Phi) is 3.74. The van der Waals surface area contributed by atoms with Crippen LogP contribution in [0.15, 0.2) is 46.8 Å². The Bertz CT molecular complexity index is 824. The number of ketones is 2. The first-order valence-electron chi connectivity index (χ1n) is 9.77. The average molecular weight is 352 g/mol. The minimum atomic E-state index is -0.142. The topological polar surface area (TPSA) is 43.4 Å². The molecule has 3 nitrogen and oxygen atoms in total. The van der Waals surface area contributed by atoms with Gasteiger partial charge in [0.15, 0.2) is 11.5 Å². The fourth-order valence-corrected chi connectivity index (χ4v) is 6.17. The molecule has 3 heteroatoms. The molecule has 0 aromatic heterocycles. The molecule has 0 N–H and O–H groups in total. The summed E-state index contributed by atoms with van der Waals surface area (Å²) in [7, 11) is 0. The van der Waals surface area contributed by atoms with E-state index in [1.54, 1.807) is 0 Å². The molecular formula is C23H28O3. The minimum absolute atomic E-state index is 0.0256. The quantitative estimate of drug-likeness (QED) is 0.534. The van der Waals surface area contributed by atoms with Crippen LogP contribution >= 0.6 is 0 Å². The van der Waals surface area contributed by atoms with E-state index in [2.05, 4.69) is 33.4 Å². The van der Waals surface area contributed by atoms with Crippen LogP contribution in [0.3, 0.4) is 0 Å². The largest absolute Gasteiger partial charge is 0.490 e. The fraction of sp³-hybridized carbons (Fsp3) is 0.565. The average Bonchev–Trinajstić information content (AvgIpc) is 2.58. The highest BCUT2D eigenvalue weighted by Gasteiger charge is 2.59. The van der Waals surface area contributed by atoms with Crippen LogP contribution in [0.2, 0.25) is 0 Å². The number of fused-ring (bicyclic) bond motifs is 5. The molecule has 0 heterocycles. The normalized spacial score (nSPS) is 39.2. The molecule has 0 radical (unpaired) electrons. The third-order valence-electron chi connectivity index (χ3n) is 7.67. The molecule has 138 valence electrons. The summed E-state index contributed by atoms with van der Waals surface area (Å²) < 4.78 is 5.46. The van der Waals surface area contributed by atoms with Gasteiger partial charge in [-0.2, -0.15) is 0 Å². The van der Waals surface area contributed by atoms with Gasteiger partial charge in [0.25, 0.3) is 0 Å². The Balaban J connectivity index is 1.86. The third-order valence-corrected chi connectivity index (χ3v) is 7.67. The third kappa shape index (κ3) is 2.06. The van der Waals surface area contributed by atoms with Crippen LogP contribution in [0.4, 0.5) is 0 Å². The lowest BCUT2D eigenvalue weighted by Crippen LogP contribution is -2.53. The summed E-state index contributed by atoms with van der Waals surface area (Å²) in [5.74, 6) is 0.505. The second kappa shape index (κ2) is 5.55. The van der Waals surface area contributed by atoms with Crippen molar-refractivity contribution in [3.8, 4) is 0 Å². The van der Waals surface area contributed by atoms with Gasteiger partial charge in [-0.3, -0.25) is 9.59 Å². The van der Waals surface area contributed by atoms with Crippen molar-refractivity contribution in [1.29, 1.82) is 0 Å². The maximum absolute atomic E-state index is 13.0. The van der Waals surface area contributed by atoms with Gasteiger partial charge in [-0.1, -0.05) is 37.6 Å². The summed E-state index contributed by atoms with van der Waals surface area (Å²) in [5.41, 5.74) is 3.90. The van der Waals surface area contributed by atoms with Gasteiger partial charge in [-0.15, -0.1) is 0 Å². The van der Waals surface area contributed by atoms with Gasteiger partial charge >= 0.3 is 0 Å². The molecule has 0 aliphatic heterocycles. The van der Waals surface area contributed by atoms with Crippen molar-refractivity contribution >= 4 is 11.6 Å². The number of carbonyl (C=O) groups is 2. The van der Waals surface area contributed by atoms with Gasteiger partial charge in [-0.05, 0) is 56.3 Å². The van der Waals surface area contributed by atoms with Crippen molar-refractivity contribution in [2.45, 2.75) is 53.4 Å². The standard InChI is InChI=1S/C23H28O3/c1-6-26-18-10-17(24)20-15-11-22(4)13(2)8-7-9-19(22)23(5,14(15)3)12-16(20)21(18)25/h8,10,15,19H,3,6-7,9,11-12H2,1-2,4-5H3/t15-,19-,22-,23-/m1/s1. The zero-order chi connectivity index (χ0) is 18.9. The molecule has 4 aliphatic rings. The number of carbonyl (C=O) groups excluding carboxylic acids is 2. The lowest BCUT2D eigenvalue weighted by molar-refractivity contribution is -0.120. The second-order valence-electron chi connectivity index (χ2n) is 8.84. The van der Waals surface area contributed by atoms with Gasteiger partial charge in [-0.25, -0.2) is 0 Å². The number of allylic oxidation sites excluding steroid dienone is 6. The monoisotopic (exact) mass is 352 g/mol. The first-order chi connectivity index (χ1) is 12.2. The number of hydrogen-bond donors (Lipinski definition) is 0. The van der Waals surface area contributed by atoms with Gasteiger partial charge in [0, 0.05) is 23.1 Å². The summed E-state index contributed by atoms with van der Waals surface area (Å²) in [6.07, 6.45) is 7.46. The van der Waals surface area contributed by atoms with Crippen LogP contribution in [0.25, 0.3) is 0 Å². The van der Waals surface area contributed by atoms with E-state index in [9.17, 15) is 9.59 Å². The highest BCUT2D eigenvalue weighted by Crippen LogP contribution is 2.67. The van der Waals surface area contributed by atoms with Crippen LogP contribution < -0.4 is 0 Å². The lowest BCUT2D eigenvalue weighted by atomic mass is 9.42. The molecule has 1 saturated carbocycles. The van der Waals surface area contributed by atoms with Gasteiger partial charge < -0.3 is 4.74 Å². The minimum Gasteiger partial charge on any atom is -0.490 e. The van der Waals surface area contributed by atoms with Crippen molar-refractivity contribution in [2.24, 2.45) is 22.7 Å². The molecular weight excluding hydrogens is 324 g/mol. The summed E-state index contributed by atoms with van der Waals surface area (Å²) in [6.45, 7) is 13.5. The lowest BCUT2D eigenvalue weighted by Gasteiger charge is -2.61. The molecule has 0 saturated heterocycles. The summed E-state index contributed by atoms with van der Waals surface area (Å²) in [4.78, 5) is 26.0. The molecule has 26 heavy (non-hydrogen) atoms. The van der Waals surface area contributed by atoms with Crippen molar-refractivity contribution in [2.75, 3.05) is 6.61 Å². The molecule has 0 aromatic rings. The highest BCUT2D eigenvalue weighted by molar-refractivity contribution is 6.22. The highest BCUT2D eigenvalue weighted by atomic mass is 16.5. The van der Waals surface area contributed by atoms with Crippen LogP contribution in [-0.2, 0) is 14.3 Å². The first kappa shape index (κ1) is 17.5. The Hall–Kier alpha value is -1.90. The van der Waals surface area contributed by atoms with E-state index >= 15 is 0 Å². The van der Waals surface area contributed by atoms with E-state index in [0.29, 0.717) is 30.1 Å². The molecule has 2 bridgehead atoms. The van der Waals surface area contributed by atoms with E-state index < -0.39 is 0 Å². The Morgan fingerprint density at radius 3 is 2.69 bits per heavy atom. The molecule has 4 aliphatic carbocycles. The summed E-state index contributed by atoms with van der Waals surface area (Å²) >= 11 is 0. The molecule has 4 atom stereocenters. The number of rotatable bonds is 2. The van der Waals surface area contributed by atoms with Crippen LogP contribution in [0, 0.1) is 22.7 Å². The van der Waals surface area contributed by atoms with Crippen LogP contribution in [-0.4, -0.2) is 18.2 Å². The van der Waals surface area contributed by atoms with E-state index in [0.717, 1.165) is 24.8 Å². The molecule has 4 rings (SSSR count). The van der Waals surface area contributed by atoms with Gasteiger partial charge in [0.1, 0.15) is 0 Å². The summed E-state index contributed by atoms with van der Waals surface area (Å²) in [6, 6.07) is 0. The van der Waals surface area contributed by atoms with E-state index in [1.165, 1.54) is 11.6 Å². The van der Waals surface area contributed by atoms with Gasteiger partial charge in [0.2, 0.25) is 5.78 Å². The second-order valence-corrected chi connectivity index (χ2v) is 8.84. The number of hydrogen-bond acceptors (Lipinski definition) is 3. The predicted molar refractivity (Wildman–Crippen MR) is 101 cm³/mol. The van der Waals surface area contributed by atoms with E-state index in [1.807, 2.05) is 6.92 Å². The molecule has 0 spiro atoms. The van der Waals surface area contributed by atoms with E-state index in [-0.39, 0.29) is 34.1 Å². The fourth-order valence-electron chi connectivity index (χ4n) is 6.17. The van der Waals surface area contributed by atoms with Crippen molar-refractivity contribution in [1.82, 2.24) is 0 Å². The first-order valence-corrected chi connectivity index (χ1v) is 9.77. The van der Waals surface area contributed by atoms with Crippen LogP contribution in [0.1, 0.15) is 53.4 Å². The Morgan fingerprint density at radius 2 is 2.00 bits per heavy atom. The molecule has 1 fully saturated rings.